The second-order valence-corrected chi connectivity index (χ2v) is 7.47. The lowest BCUT2D eigenvalue weighted by molar-refractivity contribution is -0.140. The maximum atomic E-state index is 12.9. The third-order valence-electron chi connectivity index (χ3n) is 4.66. The van der Waals surface area contributed by atoms with Crippen molar-refractivity contribution < 1.29 is 24.2 Å². The highest BCUT2D eigenvalue weighted by Crippen LogP contribution is 2.34. The lowest BCUT2D eigenvalue weighted by Crippen LogP contribution is -2.48. The quantitative estimate of drug-likeness (QED) is 0.802. The third-order valence-corrected chi connectivity index (χ3v) is 5.56. The summed E-state index contributed by atoms with van der Waals surface area (Å²) < 4.78 is 5.22. The Labute approximate surface area is 167 Å². The highest BCUT2D eigenvalue weighted by atomic mass is 32.2. The minimum Gasteiger partial charge on any atom is -0.497 e. The van der Waals surface area contributed by atoms with Crippen LogP contribution in [0.25, 0.3) is 0 Å². The fraction of sp³-hybridized carbons (Fsp3) is 0.286. The van der Waals surface area contributed by atoms with E-state index in [1.165, 1.54) is 4.90 Å². The zero-order chi connectivity index (χ0) is 20.1. The molecule has 0 aromatic heterocycles. The third kappa shape index (κ3) is 4.36. The molecule has 1 N–H and O–H groups in total. The number of aliphatic carboxylic acids is 1. The summed E-state index contributed by atoms with van der Waals surface area (Å²) in [7, 11) is 1.56. The van der Waals surface area contributed by atoms with Gasteiger partial charge in [0, 0.05) is 23.4 Å². The molecule has 146 valence electrons. The van der Waals surface area contributed by atoms with Crippen molar-refractivity contribution >= 4 is 34.4 Å². The maximum Gasteiger partial charge on any atom is 0.326 e. The van der Waals surface area contributed by atoms with E-state index in [9.17, 15) is 19.5 Å². The number of amides is 1. The highest BCUT2D eigenvalue weighted by Gasteiger charge is 2.35. The first-order valence-electron chi connectivity index (χ1n) is 8.95. The van der Waals surface area contributed by atoms with Gasteiger partial charge in [-0.05, 0) is 36.6 Å². The van der Waals surface area contributed by atoms with Crippen LogP contribution in [-0.4, -0.2) is 41.0 Å². The Morgan fingerprint density at radius 3 is 2.61 bits per heavy atom. The molecule has 1 amide bonds. The number of rotatable bonds is 6. The maximum absolute atomic E-state index is 12.9. The average Bonchev–Trinajstić information content (AvgIpc) is 2.72. The topological polar surface area (TPSA) is 83.9 Å². The number of hydrogen-bond acceptors (Lipinski definition) is 5. The van der Waals surface area contributed by atoms with Crippen molar-refractivity contribution in [2.24, 2.45) is 0 Å². The first kappa shape index (κ1) is 19.9. The van der Waals surface area contributed by atoms with E-state index in [1.54, 1.807) is 43.5 Å². The summed E-state index contributed by atoms with van der Waals surface area (Å²) in [6.07, 6.45) is 0.990. The molecule has 0 saturated heterocycles. The van der Waals surface area contributed by atoms with E-state index in [1.807, 2.05) is 12.1 Å². The normalized spacial score (nSPS) is 15.6. The molecular formula is C21H21NO5S. The van der Waals surface area contributed by atoms with Gasteiger partial charge in [-0.2, -0.15) is 0 Å². The molecule has 1 aliphatic heterocycles. The fourth-order valence-electron chi connectivity index (χ4n) is 3.26. The summed E-state index contributed by atoms with van der Waals surface area (Å²) in [5.41, 5.74) is 2.07. The first-order chi connectivity index (χ1) is 13.5. The number of nitrogens with zero attached hydrogens (tertiary/aromatic N) is 1. The molecule has 7 heteroatoms. The molecule has 0 aliphatic carbocycles. The number of anilines is 1. The van der Waals surface area contributed by atoms with Crippen LogP contribution in [0.1, 0.15) is 28.8 Å². The van der Waals surface area contributed by atoms with Crippen molar-refractivity contribution in [3.8, 4) is 5.75 Å². The fourth-order valence-corrected chi connectivity index (χ4v) is 4.03. The van der Waals surface area contributed by atoms with Crippen molar-refractivity contribution in [1.82, 2.24) is 0 Å². The van der Waals surface area contributed by atoms with Crippen LogP contribution in [0.3, 0.4) is 0 Å². The zero-order valence-electron chi connectivity index (χ0n) is 15.5. The predicted molar refractivity (Wildman–Crippen MR) is 108 cm³/mol. The molecule has 2 aromatic rings. The molecule has 0 fully saturated rings. The molecule has 1 aliphatic rings. The van der Waals surface area contributed by atoms with E-state index >= 15 is 0 Å². The summed E-state index contributed by atoms with van der Waals surface area (Å²) in [5, 5.41) is 9.46. The van der Waals surface area contributed by atoms with Gasteiger partial charge in [0.05, 0.1) is 7.11 Å². The first-order valence-corrected chi connectivity index (χ1v) is 9.93. The van der Waals surface area contributed by atoms with Gasteiger partial charge in [0.25, 0.3) is 0 Å². The monoisotopic (exact) mass is 399 g/mol. The number of carboxylic acid groups (broad SMARTS) is 1. The zero-order valence-corrected chi connectivity index (χ0v) is 16.3. The predicted octanol–water partition coefficient (Wildman–Crippen LogP) is 3.39. The van der Waals surface area contributed by atoms with Crippen LogP contribution < -0.4 is 9.64 Å². The molecule has 0 bridgehead atoms. The Hall–Kier alpha value is -2.80. The molecule has 3 rings (SSSR count). The van der Waals surface area contributed by atoms with Gasteiger partial charge in [-0.3, -0.25) is 14.5 Å². The molecule has 6 nitrogen and oxygen atoms in total. The minimum atomic E-state index is -1.03. The number of carbonyl (C=O) groups is 3. The second kappa shape index (κ2) is 8.93. The molecule has 1 atom stereocenters. The van der Waals surface area contributed by atoms with Crippen LogP contribution in [0.2, 0.25) is 0 Å². The standard InChI is InChI=1S/C21H21NO5S/c1-27-16-8-10-17-15(13-16)7-9-18(20(24)25)22(17)19(23)11-12-28-21(26)14-5-3-2-4-6-14/h2-6,8,10,13,18H,7,9,11-12H2,1H3,(H,24,25)/t18-/m0/s1. The van der Waals surface area contributed by atoms with Crippen molar-refractivity contribution in [2.45, 2.75) is 25.3 Å². The Balaban J connectivity index is 1.71. The number of benzene rings is 2. The van der Waals surface area contributed by atoms with Gasteiger partial charge in [0.1, 0.15) is 11.8 Å². The number of hydrogen-bond donors (Lipinski definition) is 1. The Morgan fingerprint density at radius 2 is 1.93 bits per heavy atom. The Kier molecular flexibility index (Phi) is 6.36. The molecule has 0 radical (unpaired) electrons. The van der Waals surface area contributed by atoms with Crippen LogP contribution in [0.4, 0.5) is 5.69 Å². The van der Waals surface area contributed by atoms with Crippen LogP contribution in [0.15, 0.2) is 48.5 Å². The number of carboxylic acids is 1. The van der Waals surface area contributed by atoms with Crippen LogP contribution in [0, 0.1) is 0 Å². The van der Waals surface area contributed by atoms with E-state index in [-0.39, 0.29) is 17.4 Å². The second-order valence-electron chi connectivity index (χ2n) is 6.40. The number of thioether (sulfide) groups is 1. The van der Waals surface area contributed by atoms with Crippen molar-refractivity contribution in [2.75, 3.05) is 17.8 Å². The average molecular weight is 399 g/mol. The molecule has 2 aromatic carbocycles. The van der Waals surface area contributed by atoms with E-state index in [4.69, 9.17) is 4.74 Å². The van der Waals surface area contributed by atoms with Gasteiger partial charge in [-0.1, -0.05) is 42.1 Å². The number of aryl methyl sites for hydroxylation is 1. The van der Waals surface area contributed by atoms with Gasteiger partial charge in [0.15, 0.2) is 0 Å². The van der Waals surface area contributed by atoms with Gasteiger partial charge >= 0.3 is 5.97 Å². The van der Waals surface area contributed by atoms with Crippen LogP contribution in [-0.2, 0) is 16.0 Å². The largest absolute Gasteiger partial charge is 0.497 e. The minimum absolute atomic E-state index is 0.0818. The van der Waals surface area contributed by atoms with E-state index in [0.717, 1.165) is 17.3 Å². The Morgan fingerprint density at radius 1 is 1.18 bits per heavy atom. The summed E-state index contributed by atoms with van der Waals surface area (Å²) in [4.78, 5) is 38.1. The summed E-state index contributed by atoms with van der Waals surface area (Å²) >= 11 is 1.07. The summed E-state index contributed by atoms with van der Waals surface area (Å²) in [5.74, 6) is -0.361. The number of fused-ring (bicyclic) bond motifs is 1. The lowest BCUT2D eigenvalue weighted by atomic mass is 9.95. The van der Waals surface area contributed by atoms with Crippen molar-refractivity contribution in [3.05, 3.63) is 59.7 Å². The smallest absolute Gasteiger partial charge is 0.326 e. The van der Waals surface area contributed by atoms with E-state index in [2.05, 4.69) is 0 Å². The summed E-state index contributed by atoms with van der Waals surface area (Å²) in [6, 6.07) is 13.2. The van der Waals surface area contributed by atoms with Crippen molar-refractivity contribution in [1.29, 1.82) is 0 Å². The lowest BCUT2D eigenvalue weighted by Gasteiger charge is -2.35. The van der Waals surface area contributed by atoms with Crippen LogP contribution >= 0.6 is 11.8 Å². The van der Waals surface area contributed by atoms with Gasteiger partial charge in [-0.15, -0.1) is 0 Å². The molecule has 1 heterocycles. The van der Waals surface area contributed by atoms with Gasteiger partial charge in [-0.25, -0.2) is 4.79 Å². The van der Waals surface area contributed by atoms with E-state index < -0.39 is 12.0 Å². The molecule has 0 saturated carbocycles. The summed E-state index contributed by atoms with van der Waals surface area (Å²) in [6.45, 7) is 0. The van der Waals surface area contributed by atoms with Crippen molar-refractivity contribution in [3.63, 3.8) is 0 Å². The molecule has 0 spiro atoms. The number of carbonyl (C=O) groups excluding carboxylic acids is 2. The Bertz CT molecular complexity index is 884. The number of ether oxygens (including phenoxy) is 1. The molecular weight excluding hydrogens is 378 g/mol. The molecule has 0 unspecified atom stereocenters. The number of methoxy groups -OCH3 is 1. The van der Waals surface area contributed by atoms with Gasteiger partial charge in [0.2, 0.25) is 11.0 Å². The van der Waals surface area contributed by atoms with Crippen LogP contribution in [0.5, 0.6) is 5.75 Å². The molecule has 28 heavy (non-hydrogen) atoms. The van der Waals surface area contributed by atoms with Gasteiger partial charge < -0.3 is 9.84 Å². The van der Waals surface area contributed by atoms with E-state index in [0.29, 0.717) is 35.6 Å². The SMILES string of the molecule is COc1ccc2c(c1)CC[C@@H](C(=O)O)N2C(=O)CCSC(=O)c1ccccc1. The highest BCUT2D eigenvalue weighted by molar-refractivity contribution is 8.14.